The van der Waals surface area contributed by atoms with Gasteiger partial charge in [0.1, 0.15) is 5.75 Å². The molecule has 0 fully saturated rings. The van der Waals surface area contributed by atoms with Crippen LogP contribution in [0.25, 0.3) is 0 Å². The molecule has 3 rings (SSSR count). The normalized spacial score (nSPS) is 24.0. The third kappa shape index (κ3) is 4.78. The number of aliphatic hydroxyl groups excluding tert-OH is 2. The van der Waals surface area contributed by atoms with Crippen LogP contribution in [0.15, 0.2) is 66.7 Å². The van der Waals surface area contributed by atoms with Gasteiger partial charge in [0.15, 0.2) is 0 Å². The first kappa shape index (κ1) is 20.1. The molecule has 1 aliphatic rings. The molecule has 0 bridgehead atoms. The Labute approximate surface area is 164 Å². The number of carbonyl (C=O) groups is 1. The molecular formula is C22H26N2O4. The molecular weight excluding hydrogens is 356 g/mol. The number of carbonyl (C=O) groups excluding carboxylic acids is 1. The van der Waals surface area contributed by atoms with Crippen LogP contribution in [0.5, 0.6) is 5.75 Å². The van der Waals surface area contributed by atoms with Gasteiger partial charge in [-0.3, -0.25) is 4.79 Å². The van der Waals surface area contributed by atoms with E-state index in [1.165, 1.54) is 0 Å². The summed E-state index contributed by atoms with van der Waals surface area (Å²) in [6.45, 7) is -0.104. The number of benzene rings is 2. The van der Waals surface area contributed by atoms with Gasteiger partial charge < -0.3 is 25.6 Å². The van der Waals surface area contributed by atoms with E-state index in [0.29, 0.717) is 5.69 Å². The molecule has 6 nitrogen and oxygen atoms in total. The van der Waals surface area contributed by atoms with Gasteiger partial charge in [-0.1, -0.05) is 42.5 Å². The van der Waals surface area contributed by atoms with Crippen molar-refractivity contribution in [1.82, 2.24) is 5.32 Å². The third-order valence-corrected chi connectivity index (χ3v) is 5.06. The van der Waals surface area contributed by atoms with E-state index < -0.39 is 12.0 Å². The lowest BCUT2D eigenvalue weighted by molar-refractivity contribution is -0.115. The molecule has 0 spiro atoms. The van der Waals surface area contributed by atoms with Crippen molar-refractivity contribution in [3.63, 3.8) is 0 Å². The fourth-order valence-electron chi connectivity index (χ4n) is 3.49. The molecule has 4 N–H and O–H groups in total. The predicted octanol–water partition coefficient (Wildman–Crippen LogP) is 1.91. The van der Waals surface area contributed by atoms with Crippen molar-refractivity contribution in [2.45, 2.75) is 18.1 Å². The maximum absolute atomic E-state index is 12.2. The highest BCUT2D eigenvalue weighted by Crippen LogP contribution is 2.32. The fraction of sp³-hybridized carbons (Fsp3) is 0.318. The number of ether oxygens (including phenoxy) is 1. The fourth-order valence-corrected chi connectivity index (χ4v) is 3.49. The van der Waals surface area contributed by atoms with Crippen LogP contribution >= 0.6 is 0 Å². The topological polar surface area (TPSA) is 90.8 Å². The lowest BCUT2D eigenvalue weighted by Gasteiger charge is -2.36. The number of rotatable bonds is 7. The summed E-state index contributed by atoms with van der Waals surface area (Å²) in [4.78, 5) is 12.2. The van der Waals surface area contributed by atoms with Crippen molar-refractivity contribution in [3.05, 3.63) is 72.3 Å². The van der Waals surface area contributed by atoms with Gasteiger partial charge in [-0.2, -0.15) is 0 Å². The smallest absolute Gasteiger partial charge is 0.238 e. The zero-order chi connectivity index (χ0) is 19.9. The second kappa shape index (κ2) is 9.50. The Morgan fingerprint density at radius 2 is 1.79 bits per heavy atom. The van der Waals surface area contributed by atoms with Crippen LogP contribution in [-0.2, 0) is 4.79 Å². The molecule has 1 aliphatic carbocycles. The Bertz CT molecular complexity index is 792. The van der Waals surface area contributed by atoms with E-state index in [4.69, 9.17) is 4.74 Å². The number of aliphatic hydroxyl groups is 2. The zero-order valence-electron chi connectivity index (χ0n) is 15.8. The van der Waals surface area contributed by atoms with Crippen molar-refractivity contribution in [1.29, 1.82) is 0 Å². The Morgan fingerprint density at radius 1 is 1.07 bits per heavy atom. The van der Waals surface area contributed by atoms with Crippen molar-refractivity contribution < 1.29 is 19.7 Å². The molecule has 2 aromatic rings. The van der Waals surface area contributed by atoms with E-state index >= 15 is 0 Å². The zero-order valence-corrected chi connectivity index (χ0v) is 15.8. The minimum Gasteiger partial charge on any atom is -0.497 e. The SMILES string of the molecule is COc1ccc(NC(=O)CN[C@@H]2C=C[C@H](c3ccccc3)[C@H](O)[C@H]2CO)cc1. The minimum absolute atomic E-state index is 0.0697. The molecule has 0 radical (unpaired) electrons. The highest BCUT2D eigenvalue weighted by Gasteiger charge is 2.35. The summed E-state index contributed by atoms with van der Waals surface area (Å²) in [7, 11) is 1.59. The van der Waals surface area contributed by atoms with Crippen molar-refractivity contribution in [2.75, 3.05) is 25.6 Å². The standard InChI is InChI=1S/C22H26N2O4/c1-28-17-9-7-16(8-10-17)24-21(26)13-23-20-12-11-18(22(27)19(20)14-25)15-5-3-2-4-6-15/h2-12,18-20,22-23,25,27H,13-14H2,1H3,(H,24,26)/t18-,19+,20-,22+/m1/s1. The van der Waals surface area contributed by atoms with Crippen LogP contribution in [0.3, 0.4) is 0 Å². The third-order valence-electron chi connectivity index (χ3n) is 5.06. The molecule has 0 aromatic heterocycles. The van der Waals surface area contributed by atoms with E-state index in [9.17, 15) is 15.0 Å². The molecule has 4 atom stereocenters. The Morgan fingerprint density at radius 3 is 2.43 bits per heavy atom. The molecule has 2 aromatic carbocycles. The predicted molar refractivity (Wildman–Crippen MR) is 108 cm³/mol. The van der Waals surface area contributed by atoms with E-state index in [1.807, 2.05) is 42.5 Å². The van der Waals surface area contributed by atoms with Crippen molar-refractivity contribution in [3.8, 4) is 5.75 Å². The molecule has 0 saturated heterocycles. The van der Waals surface area contributed by atoms with Crippen LogP contribution in [0, 0.1) is 5.92 Å². The van der Waals surface area contributed by atoms with Crippen LogP contribution < -0.4 is 15.4 Å². The maximum atomic E-state index is 12.2. The number of nitrogens with one attached hydrogen (secondary N) is 2. The molecule has 1 amide bonds. The Kier molecular flexibility index (Phi) is 6.81. The first-order chi connectivity index (χ1) is 13.6. The minimum atomic E-state index is -0.737. The highest BCUT2D eigenvalue weighted by molar-refractivity contribution is 5.92. The van der Waals surface area contributed by atoms with Gasteiger partial charge in [0.2, 0.25) is 5.91 Å². The number of amides is 1. The van der Waals surface area contributed by atoms with Gasteiger partial charge in [-0.05, 0) is 29.8 Å². The summed E-state index contributed by atoms with van der Waals surface area (Å²) in [6, 6.07) is 16.5. The number of anilines is 1. The van der Waals surface area contributed by atoms with Gasteiger partial charge in [0.25, 0.3) is 0 Å². The van der Waals surface area contributed by atoms with Gasteiger partial charge >= 0.3 is 0 Å². The van der Waals surface area contributed by atoms with Gasteiger partial charge in [0.05, 0.1) is 26.4 Å². The molecule has 0 unspecified atom stereocenters. The number of hydrogen-bond donors (Lipinski definition) is 4. The summed E-state index contributed by atoms with van der Waals surface area (Å²) in [5, 5.41) is 26.5. The quantitative estimate of drug-likeness (QED) is 0.549. The van der Waals surface area contributed by atoms with Crippen molar-refractivity contribution >= 4 is 11.6 Å². The van der Waals surface area contributed by atoms with Crippen LogP contribution in [-0.4, -0.2) is 48.5 Å². The average Bonchev–Trinajstić information content (AvgIpc) is 2.73. The number of methoxy groups -OCH3 is 1. The second-order valence-electron chi connectivity index (χ2n) is 6.84. The van der Waals surface area contributed by atoms with E-state index in [-0.39, 0.29) is 31.0 Å². The first-order valence-corrected chi connectivity index (χ1v) is 9.32. The van der Waals surface area contributed by atoms with Gasteiger partial charge in [-0.25, -0.2) is 0 Å². The Balaban J connectivity index is 1.59. The second-order valence-corrected chi connectivity index (χ2v) is 6.84. The molecule has 148 valence electrons. The summed E-state index contributed by atoms with van der Waals surface area (Å²) in [6.07, 6.45) is 3.12. The summed E-state index contributed by atoms with van der Waals surface area (Å²) < 4.78 is 5.10. The van der Waals surface area contributed by atoms with Crippen LogP contribution in [0.4, 0.5) is 5.69 Å². The largest absolute Gasteiger partial charge is 0.497 e. The molecule has 0 saturated carbocycles. The summed E-state index contributed by atoms with van der Waals surface area (Å²) in [5.41, 5.74) is 1.68. The van der Waals surface area contributed by atoms with Gasteiger partial charge in [0, 0.05) is 23.6 Å². The molecule has 0 heterocycles. The average molecular weight is 382 g/mol. The number of hydrogen-bond acceptors (Lipinski definition) is 5. The van der Waals surface area contributed by atoms with Crippen LogP contribution in [0.1, 0.15) is 11.5 Å². The van der Waals surface area contributed by atoms with E-state index in [2.05, 4.69) is 10.6 Å². The maximum Gasteiger partial charge on any atom is 0.238 e. The van der Waals surface area contributed by atoms with Crippen molar-refractivity contribution in [2.24, 2.45) is 5.92 Å². The molecule has 6 heteroatoms. The highest BCUT2D eigenvalue weighted by atomic mass is 16.5. The Hall–Kier alpha value is -2.67. The summed E-state index contributed by atoms with van der Waals surface area (Å²) in [5.74, 6) is -0.0559. The molecule has 28 heavy (non-hydrogen) atoms. The van der Waals surface area contributed by atoms with Crippen LogP contribution in [0.2, 0.25) is 0 Å². The summed E-state index contributed by atoms with van der Waals surface area (Å²) >= 11 is 0. The van der Waals surface area contributed by atoms with E-state index in [1.54, 1.807) is 31.4 Å². The van der Waals surface area contributed by atoms with Gasteiger partial charge in [-0.15, -0.1) is 0 Å². The molecule has 0 aliphatic heterocycles. The monoisotopic (exact) mass is 382 g/mol. The lowest BCUT2D eigenvalue weighted by Crippen LogP contribution is -2.48. The van der Waals surface area contributed by atoms with E-state index in [0.717, 1.165) is 11.3 Å². The first-order valence-electron chi connectivity index (χ1n) is 9.32. The lowest BCUT2D eigenvalue weighted by atomic mass is 9.77.